The van der Waals surface area contributed by atoms with Gasteiger partial charge in [-0.3, -0.25) is 0 Å². The summed E-state index contributed by atoms with van der Waals surface area (Å²) in [5.74, 6) is -1.22. The molecule has 0 N–H and O–H groups in total. The molecule has 1 aromatic rings. The van der Waals surface area contributed by atoms with Crippen molar-refractivity contribution in [3.8, 4) is 0 Å². The third-order valence-electron chi connectivity index (χ3n) is 2.07. The molecule has 1 heterocycles. The molecule has 14 heavy (non-hydrogen) atoms. The Morgan fingerprint density at radius 3 is 2.07 bits per heavy atom. The van der Waals surface area contributed by atoms with Crippen molar-refractivity contribution in [3.05, 3.63) is 23.3 Å². The van der Waals surface area contributed by atoms with Gasteiger partial charge < -0.3 is 4.57 Å². The van der Waals surface area contributed by atoms with Crippen molar-refractivity contribution in [1.29, 1.82) is 0 Å². The van der Waals surface area contributed by atoms with Gasteiger partial charge in [-0.2, -0.15) is 17.6 Å². The van der Waals surface area contributed by atoms with Crippen LogP contribution >= 0.6 is 0 Å². The lowest BCUT2D eigenvalue weighted by atomic mass is 10.1. The monoisotopic (exact) mass is 209 g/mol. The molecule has 1 nitrogen and oxygen atoms in total. The number of halogens is 4. The second-order valence-corrected chi connectivity index (χ2v) is 3.48. The molecule has 0 aromatic carbocycles. The van der Waals surface area contributed by atoms with E-state index in [9.17, 15) is 17.6 Å². The van der Waals surface area contributed by atoms with E-state index in [2.05, 4.69) is 0 Å². The van der Waals surface area contributed by atoms with Crippen LogP contribution < -0.4 is 0 Å². The van der Waals surface area contributed by atoms with E-state index in [-0.39, 0.29) is 11.6 Å². The van der Waals surface area contributed by atoms with Gasteiger partial charge in [0.15, 0.2) is 5.95 Å². The van der Waals surface area contributed by atoms with Gasteiger partial charge in [0.2, 0.25) is 0 Å². The second kappa shape index (κ2) is 3.29. The Balaban J connectivity index is 3.37. The lowest BCUT2D eigenvalue weighted by Crippen LogP contribution is -2.10. The molecule has 0 atom stereocenters. The van der Waals surface area contributed by atoms with Crippen molar-refractivity contribution in [2.24, 2.45) is 7.05 Å². The van der Waals surface area contributed by atoms with Crippen molar-refractivity contribution in [2.45, 2.75) is 25.9 Å². The Labute approximate surface area is 79.3 Å². The van der Waals surface area contributed by atoms with Crippen LogP contribution in [0.2, 0.25) is 0 Å². The van der Waals surface area contributed by atoms with Gasteiger partial charge in [0.05, 0.1) is 5.56 Å². The van der Waals surface area contributed by atoms with Gasteiger partial charge in [0.25, 0.3) is 0 Å². The average molecular weight is 209 g/mol. The van der Waals surface area contributed by atoms with Crippen LogP contribution in [-0.2, 0) is 13.2 Å². The van der Waals surface area contributed by atoms with E-state index in [0.717, 1.165) is 4.57 Å². The smallest absolute Gasteiger partial charge is 0.324 e. The summed E-state index contributed by atoms with van der Waals surface area (Å²) in [6, 6.07) is 0.537. The van der Waals surface area contributed by atoms with Crippen LogP contribution in [0.1, 0.15) is 31.0 Å². The molecule has 0 aliphatic carbocycles. The molecule has 0 bridgehead atoms. The van der Waals surface area contributed by atoms with Crippen LogP contribution in [-0.4, -0.2) is 4.57 Å². The molecule has 1 rings (SSSR count). The molecule has 0 saturated carbocycles. The largest absolute Gasteiger partial charge is 0.418 e. The lowest BCUT2D eigenvalue weighted by Gasteiger charge is -2.12. The van der Waals surface area contributed by atoms with Crippen LogP contribution in [0.5, 0.6) is 0 Å². The number of rotatable bonds is 1. The third-order valence-corrected chi connectivity index (χ3v) is 2.07. The highest BCUT2D eigenvalue weighted by atomic mass is 19.4. The fraction of sp³-hybridized carbons (Fsp3) is 0.556. The molecule has 80 valence electrons. The Kier molecular flexibility index (Phi) is 2.61. The van der Waals surface area contributed by atoms with E-state index in [0.29, 0.717) is 6.07 Å². The van der Waals surface area contributed by atoms with Gasteiger partial charge in [0, 0.05) is 18.8 Å². The van der Waals surface area contributed by atoms with E-state index >= 15 is 0 Å². The molecule has 0 radical (unpaired) electrons. The van der Waals surface area contributed by atoms with Gasteiger partial charge in [-0.25, -0.2) is 0 Å². The summed E-state index contributed by atoms with van der Waals surface area (Å²) in [4.78, 5) is 0. The van der Waals surface area contributed by atoms with Gasteiger partial charge in [-0.1, -0.05) is 13.8 Å². The Morgan fingerprint density at radius 2 is 1.79 bits per heavy atom. The molecule has 0 aliphatic rings. The maximum absolute atomic E-state index is 13.0. The Bertz CT molecular complexity index is 335. The summed E-state index contributed by atoms with van der Waals surface area (Å²) in [7, 11) is 1.29. The number of alkyl halides is 3. The quantitative estimate of drug-likeness (QED) is 0.625. The second-order valence-electron chi connectivity index (χ2n) is 3.48. The van der Waals surface area contributed by atoms with Crippen LogP contribution in [0.25, 0.3) is 0 Å². The molecular weight excluding hydrogens is 198 g/mol. The summed E-state index contributed by atoms with van der Waals surface area (Å²) in [6.07, 6.45) is -4.48. The van der Waals surface area contributed by atoms with Crippen molar-refractivity contribution in [3.63, 3.8) is 0 Å². The minimum Gasteiger partial charge on any atom is -0.324 e. The molecule has 0 fully saturated rings. The summed E-state index contributed by atoms with van der Waals surface area (Å²) in [5, 5.41) is 0. The molecule has 0 spiro atoms. The van der Waals surface area contributed by atoms with E-state index in [1.54, 1.807) is 13.8 Å². The normalized spacial score (nSPS) is 12.6. The highest BCUT2D eigenvalue weighted by molar-refractivity contribution is 5.28. The van der Waals surface area contributed by atoms with E-state index in [1.807, 2.05) is 0 Å². The molecule has 0 unspecified atom stereocenters. The zero-order valence-electron chi connectivity index (χ0n) is 8.11. The summed E-state index contributed by atoms with van der Waals surface area (Å²) >= 11 is 0. The number of hydrogen-bond acceptors (Lipinski definition) is 0. The minimum atomic E-state index is -4.48. The van der Waals surface area contributed by atoms with Gasteiger partial charge in [-0.05, 0) is 5.92 Å². The first-order valence-electron chi connectivity index (χ1n) is 4.17. The predicted octanol–water partition coefficient (Wildman–Crippen LogP) is 3.31. The zero-order chi connectivity index (χ0) is 11.1. The maximum Gasteiger partial charge on any atom is 0.418 e. The van der Waals surface area contributed by atoms with Crippen LogP contribution in [0, 0.1) is 5.95 Å². The van der Waals surface area contributed by atoms with Crippen molar-refractivity contribution in [2.75, 3.05) is 0 Å². The first-order valence-corrected chi connectivity index (χ1v) is 4.17. The first-order chi connectivity index (χ1) is 6.25. The highest BCUT2D eigenvalue weighted by Crippen LogP contribution is 2.36. The van der Waals surface area contributed by atoms with E-state index in [4.69, 9.17) is 0 Å². The topological polar surface area (TPSA) is 4.93 Å². The molecule has 1 aromatic heterocycles. The van der Waals surface area contributed by atoms with E-state index in [1.165, 1.54) is 7.05 Å². The molecule has 5 heteroatoms. The summed E-state index contributed by atoms with van der Waals surface area (Å²) in [6.45, 7) is 3.20. The standard InChI is InChI=1S/C9H11F4N/c1-5(2)8-6(9(11,12)13)4-7(10)14(8)3/h4-5H,1-3H3. The predicted molar refractivity (Wildman–Crippen MR) is 44.5 cm³/mol. The minimum absolute atomic E-state index is 0.0185. The van der Waals surface area contributed by atoms with Crippen LogP contribution in [0.15, 0.2) is 6.07 Å². The van der Waals surface area contributed by atoms with Crippen LogP contribution in [0.4, 0.5) is 17.6 Å². The zero-order valence-corrected chi connectivity index (χ0v) is 8.11. The van der Waals surface area contributed by atoms with Crippen LogP contribution in [0.3, 0.4) is 0 Å². The van der Waals surface area contributed by atoms with Gasteiger partial charge in [0.1, 0.15) is 0 Å². The number of nitrogens with zero attached hydrogens (tertiary/aromatic N) is 1. The molecule has 0 saturated heterocycles. The first kappa shape index (κ1) is 11.1. The Hall–Kier alpha value is -1.00. The maximum atomic E-state index is 13.0. The SMILES string of the molecule is CC(C)c1c(C(F)(F)F)cc(F)n1C. The lowest BCUT2D eigenvalue weighted by molar-refractivity contribution is -0.138. The summed E-state index contributed by atoms with van der Waals surface area (Å²) < 4.78 is 51.2. The van der Waals surface area contributed by atoms with Crippen molar-refractivity contribution in [1.82, 2.24) is 4.57 Å². The highest BCUT2D eigenvalue weighted by Gasteiger charge is 2.37. The Morgan fingerprint density at radius 1 is 1.29 bits per heavy atom. The van der Waals surface area contributed by atoms with Gasteiger partial charge in [-0.15, -0.1) is 0 Å². The fourth-order valence-electron chi connectivity index (χ4n) is 1.51. The average Bonchev–Trinajstić information content (AvgIpc) is 2.27. The molecule has 0 amide bonds. The number of aromatic nitrogens is 1. The molecular formula is C9H11F4N. The summed E-state index contributed by atoms with van der Waals surface area (Å²) in [5.41, 5.74) is -0.900. The molecule has 0 aliphatic heterocycles. The van der Waals surface area contributed by atoms with Crippen molar-refractivity contribution >= 4 is 0 Å². The van der Waals surface area contributed by atoms with E-state index < -0.39 is 17.7 Å². The number of hydrogen-bond donors (Lipinski definition) is 0. The third kappa shape index (κ3) is 1.76. The fourth-order valence-corrected chi connectivity index (χ4v) is 1.51. The van der Waals surface area contributed by atoms with Gasteiger partial charge >= 0.3 is 6.18 Å². The van der Waals surface area contributed by atoms with Crippen molar-refractivity contribution < 1.29 is 17.6 Å².